The predicted molar refractivity (Wildman–Crippen MR) is 110 cm³/mol. The molecule has 0 saturated carbocycles. The molecule has 29 heavy (non-hydrogen) atoms. The number of halogens is 1. The van der Waals surface area contributed by atoms with Gasteiger partial charge >= 0.3 is 6.03 Å². The average molecular weight is 399 g/mol. The van der Waals surface area contributed by atoms with Crippen LogP contribution in [0.3, 0.4) is 0 Å². The highest BCUT2D eigenvalue weighted by molar-refractivity contribution is 5.92. The number of benzene rings is 2. The summed E-state index contributed by atoms with van der Waals surface area (Å²) in [6.07, 6.45) is 2.38. The molecule has 0 bridgehead atoms. The Morgan fingerprint density at radius 2 is 1.72 bits per heavy atom. The smallest absolute Gasteiger partial charge is 0.319 e. The third-order valence-electron chi connectivity index (χ3n) is 4.87. The van der Waals surface area contributed by atoms with Crippen molar-refractivity contribution in [1.29, 1.82) is 0 Å². The van der Waals surface area contributed by atoms with E-state index in [-0.39, 0.29) is 36.2 Å². The minimum absolute atomic E-state index is 0.0240. The summed E-state index contributed by atoms with van der Waals surface area (Å²) >= 11 is 0. The highest BCUT2D eigenvalue weighted by atomic mass is 19.1. The van der Waals surface area contributed by atoms with Gasteiger partial charge in [-0.15, -0.1) is 0 Å². The number of carbonyl (C=O) groups excluding carboxylic acids is 2. The Bertz CT molecular complexity index is 818. The van der Waals surface area contributed by atoms with Crippen molar-refractivity contribution in [3.63, 3.8) is 0 Å². The van der Waals surface area contributed by atoms with Gasteiger partial charge in [-0.25, -0.2) is 9.18 Å². The summed E-state index contributed by atoms with van der Waals surface area (Å²) in [5, 5.41) is 8.39. The van der Waals surface area contributed by atoms with Crippen molar-refractivity contribution >= 4 is 23.3 Å². The molecule has 0 aliphatic carbocycles. The highest BCUT2D eigenvalue weighted by Gasteiger charge is 2.16. The molecule has 2 atom stereocenters. The average Bonchev–Trinajstić information content (AvgIpc) is 3.22. The number of urea groups is 1. The van der Waals surface area contributed by atoms with E-state index in [1.807, 2.05) is 6.92 Å². The lowest BCUT2D eigenvalue weighted by atomic mass is 9.97. The van der Waals surface area contributed by atoms with Gasteiger partial charge in [0.1, 0.15) is 5.82 Å². The van der Waals surface area contributed by atoms with Crippen LogP contribution in [0.15, 0.2) is 48.5 Å². The first-order chi connectivity index (χ1) is 14.0. The second-order valence-corrected chi connectivity index (χ2v) is 7.25. The zero-order chi connectivity index (χ0) is 20.6. The Morgan fingerprint density at radius 3 is 2.34 bits per heavy atom. The van der Waals surface area contributed by atoms with Crippen molar-refractivity contribution in [3.8, 4) is 0 Å². The maximum atomic E-state index is 13.0. The first kappa shape index (κ1) is 20.8. The molecule has 0 spiro atoms. The van der Waals surface area contributed by atoms with Gasteiger partial charge in [0.2, 0.25) is 5.91 Å². The third kappa shape index (κ3) is 6.57. The maximum absolute atomic E-state index is 13.0. The van der Waals surface area contributed by atoms with Crippen molar-refractivity contribution in [2.75, 3.05) is 23.8 Å². The lowest BCUT2D eigenvalue weighted by Crippen LogP contribution is -2.35. The Kier molecular flexibility index (Phi) is 7.19. The fourth-order valence-electron chi connectivity index (χ4n) is 3.22. The summed E-state index contributed by atoms with van der Waals surface area (Å²) in [7, 11) is 0. The molecule has 0 aromatic heterocycles. The molecule has 0 radical (unpaired) electrons. The zero-order valence-electron chi connectivity index (χ0n) is 16.4. The van der Waals surface area contributed by atoms with Crippen LogP contribution >= 0.6 is 0 Å². The van der Waals surface area contributed by atoms with Gasteiger partial charge in [0, 0.05) is 30.9 Å². The zero-order valence-corrected chi connectivity index (χ0v) is 16.4. The Labute approximate surface area is 169 Å². The highest BCUT2D eigenvalue weighted by Crippen LogP contribution is 2.21. The normalized spacial score (nSPS) is 16.8. The van der Waals surface area contributed by atoms with Crippen molar-refractivity contribution in [1.82, 2.24) is 5.32 Å². The Hall–Kier alpha value is -2.93. The number of hydrogen-bond donors (Lipinski definition) is 3. The third-order valence-corrected chi connectivity index (χ3v) is 4.87. The van der Waals surface area contributed by atoms with E-state index in [0.717, 1.165) is 25.0 Å². The molecule has 2 aromatic carbocycles. The van der Waals surface area contributed by atoms with E-state index in [4.69, 9.17) is 4.74 Å². The largest absolute Gasteiger partial charge is 0.376 e. The lowest BCUT2D eigenvalue weighted by Gasteiger charge is -2.13. The van der Waals surface area contributed by atoms with Gasteiger partial charge in [0.15, 0.2) is 0 Å². The fourth-order valence-corrected chi connectivity index (χ4v) is 3.22. The van der Waals surface area contributed by atoms with Crippen LogP contribution in [-0.2, 0) is 9.53 Å². The van der Waals surface area contributed by atoms with Gasteiger partial charge < -0.3 is 20.7 Å². The van der Waals surface area contributed by atoms with E-state index in [0.29, 0.717) is 17.9 Å². The summed E-state index contributed by atoms with van der Waals surface area (Å²) in [6.45, 7) is 3.17. The molecular weight excluding hydrogens is 373 g/mol. The maximum Gasteiger partial charge on any atom is 0.319 e. The minimum atomic E-state index is -0.292. The van der Waals surface area contributed by atoms with Gasteiger partial charge in [0.05, 0.1) is 6.10 Å². The van der Waals surface area contributed by atoms with Crippen LogP contribution in [0.1, 0.15) is 37.7 Å². The molecule has 7 heteroatoms. The van der Waals surface area contributed by atoms with E-state index in [9.17, 15) is 14.0 Å². The van der Waals surface area contributed by atoms with Crippen molar-refractivity contribution < 1.29 is 18.7 Å². The van der Waals surface area contributed by atoms with Crippen LogP contribution in [0, 0.1) is 5.82 Å². The number of ether oxygens (including phenoxy) is 1. The first-order valence-electron chi connectivity index (χ1n) is 9.81. The van der Waals surface area contributed by atoms with E-state index in [2.05, 4.69) is 16.0 Å². The molecular formula is C22H26FN3O3. The second-order valence-electron chi connectivity index (χ2n) is 7.25. The molecule has 1 aliphatic heterocycles. The number of nitrogens with one attached hydrogen (secondary N) is 3. The summed E-state index contributed by atoms with van der Waals surface area (Å²) < 4.78 is 18.5. The van der Waals surface area contributed by atoms with Crippen LogP contribution in [-0.4, -0.2) is 31.2 Å². The van der Waals surface area contributed by atoms with E-state index >= 15 is 0 Å². The Morgan fingerprint density at radius 1 is 1.07 bits per heavy atom. The number of hydrogen-bond acceptors (Lipinski definition) is 3. The van der Waals surface area contributed by atoms with Crippen LogP contribution in [0.2, 0.25) is 0 Å². The summed E-state index contributed by atoms with van der Waals surface area (Å²) in [5.41, 5.74) is 2.19. The molecule has 2 aromatic rings. The van der Waals surface area contributed by atoms with Gasteiger partial charge in [-0.1, -0.05) is 19.1 Å². The van der Waals surface area contributed by atoms with Crippen LogP contribution in [0.5, 0.6) is 0 Å². The number of carbonyl (C=O) groups is 2. The fraction of sp³-hybridized carbons (Fsp3) is 0.364. The standard InChI is InChI=1S/C22H26FN3O3/c1-15(16-4-6-17(23)7-5-16)13-21(27)25-18-8-10-19(11-9-18)26-22(28)24-14-20-3-2-12-29-20/h4-11,15,20H,2-3,12-14H2,1H3,(H,25,27)(H2,24,26,28). The molecule has 3 amide bonds. The first-order valence-corrected chi connectivity index (χ1v) is 9.81. The van der Waals surface area contributed by atoms with Crippen molar-refractivity contribution in [2.45, 2.75) is 38.2 Å². The molecule has 1 saturated heterocycles. The van der Waals surface area contributed by atoms with Crippen LogP contribution < -0.4 is 16.0 Å². The number of rotatable bonds is 7. The van der Waals surface area contributed by atoms with Gasteiger partial charge in [-0.2, -0.15) is 0 Å². The molecule has 3 rings (SSSR count). The summed E-state index contributed by atoms with van der Waals surface area (Å²) in [4.78, 5) is 24.2. The molecule has 3 N–H and O–H groups in total. The van der Waals surface area contributed by atoms with Gasteiger partial charge in [-0.3, -0.25) is 4.79 Å². The van der Waals surface area contributed by atoms with Gasteiger partial charge in [-0.05, 0) is 60.7 Å². The second kappa shape index (κ2) is 10.0. The van der Waals surface area contributed by atoms with Crippen LogP contribution in [0.25, 0.3) is 0 Å². The minimum Gasteiger partial charge on any atom is -0.376 e. The van der Waals surface area contributed by atoms with E-state index < -0.39 is 0 Å². The molecule has 1 heterocycles. The monoisotopic (exact) mass is 399 g/mol. The van der Waals surface area contributed by atoms with Crippen LogP contribution in [0.4, 0.5) is 20.6 Å². The number of amides is 3. The molecule has 1 fully saturated rings. The van der Waals surface area contributed by atoms with Crippen molar-refractivity contribution in [3.05, 3.63) is 59.9 Å². The quantitative estimate of drug-likeness (QED) is 0.651. The topological polar surface area (TPSA) is 79.5 Å². The van der Waals surface area contributed by atoms with E-state index in [1.54, 1.807) is 36.4 Å². The molecule has 2 unspecified atom stereocenters. The summed E-state index contributed by atoms with van der Waals surface area (Å²) in [6, 6.07) is 12.8. The van der Waals surface area contributed by atoms with E-state index in [1.165, 1.54) is 12.1 Å². The number of anilines is 2. The SMILES string of the molecule is CC(CC(=O)Nc1ccc(NC(=O)NCC2CCCO2)cc1)c1ccc(F)cc1. The molecule has 154 valence electrons. The predicted octanol–water partition coefficient (Wildman–Crippen LogP) is 4.26. The van der Waals surface area contributed by atoms with Crippen molar-refractivity contribution in [2.24, 2.45) is 0 Å². The van der Waals surface area contributed by atoms with Gasteiger partial charge in [0.25, 0.3) is 0 Å². The Balaban J connectivity index is 1.43. The lowest BCUT2D eigenvalue weighted by molar-refractivity contribution is -0.116. The molecule has 6 nitrogen and oxygen atoms in total. The molecule has 1 aliphatic rings. The summed E-state index contributed by atoms with van der Waals surface area (Å²) in [5.74, 6) is -0.444.